The molecule has 0 saturated carbocycles. The number of halogens is 1. The highest BCUT2D eigenvalue weighted by Crippen LogP contribution is 2.25. The number of nitrogens with one attached hydrogen (secondary N) is 3. The molecule has 2 heterocycles. The first kappa shape index (κ1) is 23.3. The highest BCUT2D eigenvalue weighted by molar-refractivity contribution is 9.10. The zero-order chi connectivity index (χ0) is 21.9. The Hall–Kier alpha value is -3.01. The van der Waals surface area contributed by atoms with Gasteiger partial charge in [0.2, 0.25) is 5.95 Å². The molecule has 160 valence electrons. The van der Waals surface area contributed by atoms with E-state index in [0.717, 1.165) is 15.9 Å². The third-order valence-corrected chi connectivity index (χ3v) is 4.56. The Morgan fingerprint density at radius 1 is 1.40 bits per heavy atom. The van der Waals surface area contributed by atoms with Crippen LogP contribution in [0.2, 0.25) is 0 Å². The average Bonchev–Trinajstić information content (AvgIpc) is 3.20. The van der Waals surface area contributed by atoms with Crippen LogP contribution in [0.5, 0.6) is 0 Å². The second-order valence-corrected chi connectivity index (χ2v) is 7.35. The summed E-state index contributed by atoms with van der Waals surface area (Å²) in [6, 6.07) is 1.95. The van der Waals surface area contributed by atoms with E-state index in [1.807, 2.05) is 32.1 Å². The molecule has 10 heteroatoms. The average molecular weight is 475 g/mol. The number of rotatable bonds is 11. The minimum absolute atomic E-state index is 0.340. The van der Waals surface area contributed by atoms with Crippen molar-refractivity contribution >= 4 is 46.4 Å². The van der Waals surface area contributed by atoms with Gasteiger partial charge in [-0.05, 0) is 41.8 Å². The van der Waals surface area contributed by atoms with Gasteiger partial charge in [0.25, 0.3) is 0 Å². The van der Waals surface area contributed by atoms with Crippen LogP contribution < -0.4 is 10.6 Å². The van der Waals surface area contributed by atoms with Crippen molar-refractivity contribution < 1.29 is 4.84 Å². The lowest BCUT2D eigenvalue weighted by molar-refractivity contribution is 0.228. The SMILES string of the molecule is C=NO/C(=C\C/C(=C/C)N=CC)CNc1ncc(Br)c(Nc2cc(C(C)C)[nH]n2)n1. The van der Waals surface area contributed by atoms with Crippen molar-refractivity contribution in [2.45, 2.75) is 40.0 Å². The molecule has 0 aromatic carbocycles. The van der Waals surface area contributed by atoms with E-state index in [1.54, 1.807) is 12.4 Å². The van der Waals surface area contributed by atoms with Crippen molar-refractivity contribution in [3.63, 3.8) is 0 Å². The van der Waals surface area contributed by atoms with Gasteiger partial charge in [-0.15, -0.1) is 0 Å². The number of H-pyrrole nitrogens is 1. The Morgan fingerprint density at radius 2 is 2.20 bits per heavy atom. The van der Waals surface area contributed by atoms with Crippen LogP contribution in [0.4, 0.5) is 17.6 Å². The van der Waals surface area contributed by atoms with Crippen LogP contribution in [-0.4, -0.2) is 39.6 Å². The Bertz CT molecular complexity index is 933. The molecule has 0 aliphatic heterocycles. The third kappa shape index (κ3) is 7.11. The van der Waals surface area contributed by atoms with Crippen molar-refractivity contribution in [3.8, 4) is 0 Å². The van der Waals surface area contributed by atoms with E-state index in [9.17, 15) is 0 Å². The number of nitrogens with zero attached hydrogens (tertiary/aromatic N) is 5. The molecule has 0 unspecified atom stereocenters. The summed E-state index contributed by atoms with van der Waals surface area (Å²) in [5, 5.41) is 17.1. The van der Waals surface area contributed by atoms with Gasteiger partial charge in [-0.2, -0.15) is 10.1 Å². The molecule has 0 radical (unpaired) electrons. The second kappa shape index (κ2) is 11.9. The van der Waals surface area contributed by atoms with Gasteiger partial charge in [0.05, 0.1) is 11.0 Å². The summed E-state index contributed by atoms with van der Waals surface area (Å²) < 4.78 is 0.720. The van der Waals surface area contributed by atoms with Crippen LogP contribution in [0.25, 0.3) is 0 Å². The first-order valence-corrected chi connectivity index (χ1v) is 10.3. The maximum absolute atomic E-state index is 5.25. The maximum atomic E-state index is 5.25. The molecule has 0 bridgehead atoms. The summed E-state index contributed by atoms with van der Waals surface area (Å²) in [6.07, 6.45) is 7.86. The van der Waals surface area contributed by atoms with Gasteiger partial charge in [0.1, 0.15) is 0 Å². The topological polar surface area (TPSA) is 112 Å². The van der Waals surface area contributed by atoms with E-state index in [0.29, 0.717) is 42.2 Å². The quantitative estimate of drug-likeness (QED) is 0.236. The molecule has 30 heavy (non-hydrogen) atoms. The van der Waals surface area contributed by atoms with Gasteiger partial charge < -0.3 is 15.5 Å². The molecule has 0 atom stereocenters. The van der Waals surface area contributed by atoms with Crippen LogP contribution in [0.1, 0.15) is 45.7 Å². The monoisotopic (exact) mass is 474 g/mol. The van der Waals surface area contributed by atoms with Gasteiger partial charge >= 0.3 is 0 Å². The van der Waals surface area contributed by atoms with Gasteiger partial charge in [-0.3, -0.25) is 10.1 Å². The predicted molar refractivity (Wildman–Crippen MR) is 125 cm³/mol. The number of aliphatic imine (C=N–C) groups is 1. The van der Waals surface area contributed by atoms with E-state index >= 15 is 0 Å². The number of aromatic amines is 1. The van der Waals surface area contributed by atoms with Crippen molar-refractivity contribution in [3.05, 3.63) is 46.0 Å². The van der Waals surface area contributed by atoms with E-state index in [-0.39, 0.29) is 0 Å². The predicted octanol–water partition coefficient (Wildman–Crippen LogP) is 5.14. The van der Waals surface area contributed by atoms with E-state index in [2.05, 4.69) is 77.4 Å². The Morgan fingerprint density at radius 3 is 2.83 bits per heavy atom. The van der Waals surface area contributed by atoms with Gasteiger partial charge in [0.15, 0.2) is 17.4 Å². The second-order valence-electron chi connectivity index (χ2n) is 6.49. The van der Waals surface area contributed by atoms with Gasteiger partial charge in [-0.1, -0.05) is 25.1 Å². The van der Waals surface area contributed by atoms with Crippen molar-refractivity contribution in [1.29, 1.82) is 0 Å². The van der Waals surface area contributed by atoms with Crippen LogP contribution in [0.15, 0.2) is 50.5 Å². The smallest absolute Gasteiger partial charge is 0.225 e. The molecule has 0 spiro atoms. The number of allylic oxidation sites excluding steroid dienone is 2. The van der Waals surface area contributed by atoms with E-state index in [1.165, 1.54) is 0 Å². The molecule has 9 nitrogen and oxygen atoms in total. The lowest BCUT2D eigenvalue weighted by Gasteiger charge is -2.10. The molecule has 2 rings (SSSR count). The summed E-state index contributed by atoms with van der Waals surface area (Å²) in [4.78, 5) is 18.3. The van der Waals surface area contributed by atoms with E-state index in [4.69, 9.17) is 4.84 Å². The molecular formula is C20H27BrN8O. The number of hydrogen-bond acceptors (Lipinski definition) is 8. The Kier molecular flexibility index (Phi) is 9.20. The zero-order valence-electron chi connectivity index (χ0n) is 17.6. The molecule has 0 amide bonds. The van der Waals surface area contributed by atoms with Crippen molar-refractivity contribution in [2.75, 3.05) is 17.2 Å². The number of aromatic nitrogens is 4. The molecule has 0 fully saturated rings. The van der Waals surface area contributed by atoms with Gasteiger partial charge in [-0.25, -0.2) is 4.98 Å². The summed E-state index contributed by atoms with van der Waals surface area (Å²) in [5.41, 5.74) is 1.96. The van der Waals surface area contributed by atoms with Crippen molar-refractivity contribution in [1.82, 2.24) is 20.2 Å². The number of hydrogen-bond donors (Lipinski definition) is 3. The lowest BCUT2D eigenvalue weighted by atomic mass is 10.1. The summed E-state index contributed by atoms with van der Waals surface area (Å²) in [5.74, 6) is 2.64. The maximum Gasteiger partial charge on any atom is 0.225 e. The fourth-order valence-corrected chi connectivity index (χ4v) is 2.67. The minimum Gasteiger partial charge on any atom is -0.361 e. The van der Waals surface area contributed by atoms with E-state index < -0.39 is 0 Å². The fourth-order valence-electron chi connectivity index (χ4n) is 2.38. The van der Waals surface area contributed by atoms with Crippen LogP contribution in [-0.2, 0) is 4.84 Å². The first-order valence-electron chi connectivity index (χ1n) is 9.51. The summed E-state index contributed by atoms with van der Waals surface area (Å²) >= 11 is 3.46. The molecule has 2 aromatic heterocycles. The lowest BCUT2D eigenvalue weighted by Crippen LogP contribution is -2.10. The molecule has 0 aliphatic rings. The summed E-state index contributed by atoms with van der Waals surface area (Å²) in [7, 11) is 0. The molecule has 3 N–H and O–H groups in total. The zero-order valence-corrected chi connectivity index (χ0v) is 19.2. The number of oxime groups is 1. The highest BCUT2D eigenvalue weighted by atomic mass is 79.9. The Balaban J connectivity index is 2.07. The largest absolute Gasteiger partial charge is 0.361 e. The Labute approximate surface area is 185 Å². The molecule has 0 saturated heterocycles. The van der Waals surface area contributed by atoms with Crippen LogP contribution in [0.3, 0.4) is 0 Å². The summed E-state index contributed by atoms with van der Waals surface area (Å²) in [6.45, 7) is 11.7. The molecular weight excluding hydrogens is 448 g/mol. The third-order valence-electron chi connectivity index (χ3n) is 3.98. The minimum atomic E-state index is 0.340. The molecule has 0 aliphatic carbocycles. The molecule has 2 aromatic rings. The van der Waals surface area contributed by atoms with Crippen LogP contribution >= 0.6 is 15.9 Å². The van der Waals surface area contributed by atoms with Crippen LogP contribution in [0, 0.1) is 0 Å². The van der Waals surface area contributed by atoms with Gasteiger partial charge in [0, 0.05) is 43.0 Å². The standard InChI is InChI=1S/C20H27BrN8O/c1-6-14(23-7-2)8-9-15(30-22-5)11-24-20-25-12-16(21)19(27-20)26-18-10-17(13(3)4)28-29-18/h6-7,9-10,12-13H,5,8,11H2,1-4H3,(H3,24,25,26,27,28,29)/b14-6-,15-9-,23-7?. The normalized spacial score (nSPS) is 12.5. The fraction of sp³-hybridized carbons (Fsp3) is 0.350. The van der Waals surface area contributed by atoms with Crippen molar-refractivity contribution in [2.24, 2.45) is 10.1 Å². The first-order chi connectivity index (χ1) is 14.5. The highest BCUT2D eigenvalue weighted by Gasteiger charge is 2.10. The number of anilines is 3.